The number of benzene rings is 1. The topological polar surface area (TPSA) is 58.4 Å². The molecule has 1 aromatic carbocycles. The van der Waals surface area contributed by atoms with Crippen LogP contribution in [0.2, 0.25) is 0 Å². The number of thioether (sulfide) groups is 1. The zero-order chi connectivity index (χ0) is 14.4. The van der Waals surface area contributed by atoms with Crippen molar-refractivity contribution in [2.24, 2.45) is 0 Å². The molecule has 0 spiro atoms. The van der Waals surface area contributed by atoms with Crippen molar-refractivity contribution in [3.05, 3.63) is 22.7 Å². The number of hydrogen-bond donors (Lipinski definition) is 2. The summed E-state index contributed by atoms with van der Waals surface area (Å²) in [6.45, 7) is 2.49. The number of halogens is 1. The molecule has 3 N–H and O–H groups in total. The van der Waals surface area contributed by atoms with Crippen LogP contribution in [0.3, 0.4) is 0 Å². The normalized spacial score (nSPS) is 12.5. The Morgan fingerprint density at radius 2 is 2.26 bits per heavy atom. The van der Waals surface area contributed by atoms with Crippen LogP contribution in [-0.4, -0.2) is 42.4 Å². The smallest absolute Gasteiger partial charge is 0.238 e. The molecule has 0 bridgehead atoms. The third-order valence-electron chi connectivity index (χ3n) is 2.82. The van der Waals surface area contributed by atoms with Gasteiger partial charge in [0.1, 0.15) is 0 Å². The maximum absolute atomic E-state index is 12.0. The number of nitrogen functional groups attached to an aromatic ring is 1. The lowest BCUT2D eigenvalue weighted by Crippen LogP contribution is -2.37. The number of hydrogen-bond acceptors (Lipinski definition) is 4. The minimum atomic E-state index is -0.0269. The summed E-state index contributed by atoms with van der Waals surface area (Å²) < 4.78 is 0.792. The zero-order valence-electron chi connectivity index (χ0n) is 11.4. The van der Waals surface area contributed by atoms with Gasteiger partial charge >= 0.3 is 0 Å². The van der Waals surface area contributed by atoms with Crippen LogP contribution in [0, 0.1) is 0 Å². The van der Waals surface area contributed by atoms with E-state index < -0.39 is 0 Å². The van der Waals surface area contributed by atoms with Crippen molar-refractivity contribution in [2.75, 3.05) is 36.7 Å². The van der Waals surface area contributed by atoms with Gasteiger partial charge in [-0.2, -0.15) is 11.8 Å². The fraction of sp³-hybridized carbons (Fsp3) is 0.462. The largest absolute Gasteiger partial charge is 0.399 e. The predicted molar refractivity (Wildman–Crippen MR) is 87.7 cm³/mol. The van der Waals surface area contributed by atoms with Crippen molar-refractivity contribution in [2.45, 2.75) is 13.0 Å². The van der Waals surface area contributed by atoms with E-state index in [4.69, 9.17) is 5.73 Å². The first-order chi connectivity index (χ1) is 8.93. The minimum Gasteiger partial charge on any atom is -0.399 e. The molecule has 1 amide bonds. The third kappa shape index (κ3) is 5.42. The van der Waals surface area contributed by atoms with E-state index in [2.05, 4.69) is 34.4 Å². The Morgan fingerprint density at radius 1 is 1.58 bits per heavy atom. The van der Waals surface area contributed by atoms with Gasteiger partial charge in [0.15, 0.2) is 0 Å². The molecule has 1 atom stereocenters. The van der Waals surface area contributed by atoms with Gasteiger partial charge in [0.05, 0.1) is 12.2 Å². The summed E-state index contributed by atoms with van der Waals surface area (Å²) in [6, 6.07) is 5.70. The molecule has 0 aromatic heterocycles. The van der Waals surface area contributed by atoms with Crippen molar-refractivity contribution in [1.82, 2.24) is 4.90 Å². The molecule has 1 rings (SSSR count). The van der Waals surface area contributed by atoms with E-state index in [9.17, 15) is 4.79 Å². The lowest BCUT2D eigenvalue weighted by Gasteiger charge is -2.23. The van der Waals surface area contributed by atoms with Crippen molar-refractivity contribution < 1.29 is 4.79 Å². The zero-order valence-corrected chi connectivity index (χ0v) is 13.8. The summed E-state index contributed by atoms with van der Waals surface area (Å²) in [5.41, 5.74) is 7.06. The van der Waals surface area contributed by atoms with Crippen LogP contribution in [0.15, 0.2) is 22.7 Å². The van der Waals surface area contributed by atoms with E-state index in [0.717, 1.165) is 15.9 Å². The number of carbonyl (C=O) groups is 1. The van der Waals surface area contributed by atoms with E-state index in [0.29, 0.717) is 18.3 Å². The SMILES string of the molecule is CSCC(C)N(C)CC(=O)Nc1ccc(N)cc1Br. The molecule has 6 heteroatoms. The Balaban J connectivity index is 2.55. The number of nitrogens with one attached hydrogen (secondary N) is 1. The lowest BCUT2D eigenvalue weighted by molar-refractivity contribution is -0.117. The molecule has 0 aliphatic carbocycles. The molecule has 0 aliphatic heterocycles. The van der Waals surface area contributed by atoms with Gasteiger partial charge in [0, 0.05) is 22.0 Å². The number of anilines is 2. The summed E-state index contributed by atoms with van der Waals surface area (Å²) >= 11 is 5.16. The second-order valence-corrected chi connectivity index (χ2v) is 6.27. The first-order valence-electron chi connectivity index (χ1n) is 5.98. The summed E-state index contributed by atoms with van der Waals surface area (Å²) in [6.07, 6.45) is 2.07. The highest BCUT2D eigenvalue weighted by molar-refractivity contribution is 9.10. The molecule has 0 fully saturated rings. The van der Waals surface area contributed by atoms with Crippen molar-refractivity contribution >= 4 is 45.0 Å². The summed E-state index contributed by atoms with van der Waals surface area (Å²) in [5, 5.41) is 2.88. The van der Waals surface area contributed by atoms with E-state index >= 15 is 0 Å². The number of carbonyl (C=O) groups excluding carboxylic acids is 1. The van der Waals surface area contributed by atoms with Gasteiger partial charge in [-0.1, -0.05) is 0 Å². The molecule has 106 valence electrons. The fourth-order valence-electron chi connectivity index (χ4n) is 1.57. The quantitative estimate of drug-likeness (QED) is 0.778. The second kappa shape index (κ2) is 7.77. The molecule has 0 saturated carbocycles. The Bertz CT molecular complexity index is 442. The highest BCUT2D eigenvalue weighted by Crippen LogP contribution is 2.24. The van der Waals surface area contributed by atoms with Gasteiger partial charge in [-0.25, -0.2) is 0 Å². The van der Waals surface area contributed by atoms with Gasteiger partial charge < -0.3 is 11.1 Å². The van der Waals surface area contributed by atoms with E-state index in [-0.39, 0.29) is 5.91 Å². The molecule has 0 radical (unpaired) electrons. The van der Waals surface area contributed by atoms with Crippen molar-refractivity contribution in [1.29, 1.82) is 0 Å². The lowest BCUT2D eigenvalue weighted by atomic mass is 10.3. The average Bonchev–Trinajstić information content (AvgIpc) is 2.33. The molecular weight excluding hydrogens is 326 g/mol. The number of nitrogens with zero attached hydrogens (tertiary/aromatic N) is 1. The first kappa shape index (κ1) is 16.3. The molecule has 1 unspecified atom stereocenters. The van der Waals surface area contributed by atoms with E-state index in [1.165, 1.54) is 0 Å². The van der Waals surface area contributed by atoms with Crippen molar-refractivity contribution in [3.8, 4) is 0 Å². The molecule has 0 saturated heterocycles. The first-order valence-corrected chi connectivity index (χ1v) is 8.16. The highest BCUT2D eigenvalue weighted by atomic mass is 79.9. The monoisotopic (exact) mass is 345 g/mol. The highest BCUT2D eigenvalue weighted by Gasteiger charge is 2.13. The van der Waals surface area contributed by atoms with Gasteiger partial charge in [0.2, 0.25) is 5.91 Å². The van der Waals surface area contributed by atoms with E-state index in [1.807, 2.05) is 11.9 Å². The molecule has 19 heavy (non-hydrogen) atoms. The van der Waals surface area contributed by atoms with Gasteiger partial charge in [-0.05, 0) is 54.4 Å². The Kier molecular flexibility index (Phi) is 6.68. The van der Waals surface area contributed by atoms with Crippen LogP contribution in [0.4, 0.5) is 11.4 Å². The third-order valence-corrected chi connectivity index (χ3v) is 4.29. The van der Waals surface area contributed by atoms with Gasteiger partial charge in [-0.15, -0.1) is 0 Å². The maximum Gasteiger partial charge on any atom is 0.238 e. The second-order valence-electron chi connectivity index (χ2n) is 4.51. The van der Waals surface area contributed by atoms with Crippen LogP contribution >= 0.6 is 27.7 Å². The minimum absolute atomic E-state index is 0.0269. The fourth-order valence-corrected chi connectivity index (χ4v) is 2.81. The Labute approximate surface area is 127 Å². The van der Waals surface area contributed by atoms with Crippen LogP contribution in [0.5, 0.6) is 0 Å². The summed E-state index contributed by atoms with van der Waals surface area (Å²) in [5.74, 6) is 0.982. The number of likely N-dealkylation sites (N-methyl/N-ethyl adjacent to an activating group) is 1. The number of amides is 1. The summed E-state index contributed by atoms with van der Waals surface area (Å²) in [7, 11) is 1.96. The number of rotatable bonds is 6. The standard InChI is InChI=1S/C13H20BrN3OS/c1-9(8-19-3)17(2)7-13(18)16-12-5-4-10(15)6-11(12)14/h4-6,9H,7-8,15H2,1-3H3,(H,16,18). The van der Waals surface area contributed by atoms with E-state index in [1.54, 1.807) is 30.0 Å². The molecular formula is C13H20BrN3OS. The average molecular weight is 346 g/mol. The Hall–Kier alpha value is -0.720. The van der Waals surface area contributed by atoms with Crippen molar-refractivity contribution in [3.63, 3.8) is 0 Å². The van der Waals surface area contributed by atoms with Crippen LogP contribution in [-0.2, 0) is 4.79 Å². The van der Waals surface area contributed by atoms with Crippen LogP contribution < -0.4 is 11.1 Å². The molecule has 4 nitrogen and oxygen atoms in total. The Morgan fingerprint density at radius 3 is 2.84 bits per heavy atom. The maximum atomic E-state index is 12.0. The number of nitrogens with two attached hydrogens (primary N) is 1. The van der Waals surface area contributed by atoms with Gasteiger partial charge in [-0.3, -0.25) is 9.69 Å². The van der Waals surface area contributed by atoms with Crippen LogP contribution in [0.1, 0.15) is 6.92 Å². The van der Waals surface area contributed by atoms with Gasteiger partial charge in [0.25, 0.3) is 0 Å². The molecule has 0 heterocycles. The van der Waals surface area contributed by atoms with Crippen LogP contribution in [0.25, 0.3) is 0 Å². The predicted octanol–water partition coefficient (Wildman–Crippen LogP) is 2.65. The summed E-state index contributed by atoms with van der Waals surface area (Å²) in [4.78, 5) is 14.0. The molecule has 1 aromatic rings. The molecule has 0 aliphatic rings.